The van der Waals surface area contributed by atoms with Gasteiger partial charge in [-0.05, 0) is 64.2 Å². The van der Waals surface area contributed by atoms with Gasteiger partial charge in [-0.25, -0.2) is 0 Å². The van der Waals surface area contributed by atoms with Crippen LogP contribution in [0.25, 0.3) is 88.4 Å². The van der Waals surface area contributed by atoms with E-state index in [0.29, 0.717) is 0 Å². The Hall–Kier alpha value is -5.54. The largest absolute Gasteiger partial charge is 0.454 e. The van der Waals surface area contributed by atoms with E-state index in [9.17, 15) is 0 Å². The predicted octanol–water partition coefficient (Wildman–Crippen LogP) is 9.20. The minimum absolute atomic E-state index is 0.199. The Bertz CT molecular complexity index is 2820. The van der Waals surface area contributed by atoms with Crippen LogP contribution < -0.4 is 10.6 Å². The lowest BCUT2D eigenvalue weighted by Crippen LogP contribution is -2.30. The van der Waals surface area contributed by atoms with Crippen LogP contribution in [0.1, 0.15) is 17.9 Å². The normalized spacial score (nSPS) is 15.7. The molecule has 3 heteroatoms. The van der Waals surface area contributed by atoms with Crippen molar-refractivity contribution in [3.63, 3.8) is 0 Å². The number of fused-ring (bicyclic) bond motifs is 14. The number of rotatable bonds is 1. The van der Waals surface area contributed by atoms with Gasteiger partial charge in [0.05, 0.1) is 16.7 Å². The highest BCUT2D eigenvalue weighted by molar-refractivity contribution is 6.24. The highest BCUT2D eigenvalue weighted by atomic mass is 16.3. The summed E-state index contributed by atoms with van der Waals surface area (Å²) in [6.07, 6.45) is 3.32. The second kappa shape index (κ2) is 7.64. The van der Waals surface area contributed by atoms with E-state index in [-0.39, 0.29) is 5.92 Å². The number of aromatic nitrogens is 1. The molecule has 0 fully saturated rings. The monoisotopic (exact) mass is 549 g/mol. The van der Waals surface area contributed by atoms with Gasteiger partial charge in [-0.15, -0.1) is 0 Å². The zero-order valence-electron chi connectivity index (χ0n) is 23.1. The molecule has 0 amide bonds. The molecule has 11 rings (SSSR count). The molecule has 3 aromatic heterocycles. The molecular weight excluding hydrogens is 526 g/mol. The lowest BCUT2D eigenvalue weighted by Gasteiger charge is -2.17. The lowest BCUT2D eigenvalue weighted by atomic mass is 9.87. The van der Waals surface area contributed by atoms with E-state index in [1.165, 1.54) is 60.1 Å². The van der Waals surface area contributed by atoms with Crippen molar-refractivity contribution in [3.05, 3.63) is 131 Å². The molecule has 0 saturated heterocycles. The van der Waals surface area contributed by atoms with Crippen molar-refractivity contribution in [2.24, 2.45) is 0 Å². The molecular formula is C40H23NO2. The van der Waals surface area contributed by atoms with Crippen molar-refractivity contribution in [1.82, 2.24) is 4.57 Å². The first-order chi connectivity index (χ1) is 21.3. The minimum Gasteiger partial charge on any atom is -0.454 e. The van der Waals surface area contributed by atoms with E-state index >= 15 is 0 Å². The van der Waals surface area contributed by atoms with Gasteiger partial charge in [0.15, 0.2) is 11.0 Å². The quantitative estimate of drug-likeness (QED) is 0.204. The molecule has 0 bridgehead atoms. The summed E-state index contributed by atoms with van der Waals surface area (Å²) in [5, 5.41) is 9.68. The molecule has 6 aromatic carbocycles. The van der Waals surface area contributed by atoms with Gasteiger partial charge in [0, 0.05) is 38.1 Å². The third-order valence-electron chi connectivity index (χ3n) is 9.87. The Morgan fingerprint density at radius 2 is 1.33 bits per heavy atom. The first-order valence-electron chi connectivity index (χ1n) is 15.0. The molecule has 1 unspecified atom stereocenters. The summed E-state index contributed by atoms with van der Waals surface area (Å²) in [5.74, 6) is 0.199. The second-order valence-corrected chi connectivity index (χ2v) is 12.0. The number of furan rings is 2. The van der Waals surface area contributed by atoms with Crippen LogP contribution >= 0.6 is 0 Å². The van der Waals surface area contributed by atoms with E-state index in [2.05, 4.69) is 120 Å². The highest BCUT2D eigenvalue weighted by Gasteiger charge is 2.36. The maximum Gasteiger partial charge on any atom is 0.160 e. The van der Waals surface area contributed by atoms with Crippen LogP contribution in [-0.4, -0.2) is 4.57 Å². The lowest BCUT2D eigenvalue weighted by molar-refractivity contribution is 0.561. The Kier molecular flexibility index (Phi) is 3.93. The maximum atomic E-state index is 6.71. The molecule has 43 heavy (non-hydrogen) atoms. The summed E-state index contributed by atoms with van der Waals surface area (Å²) in [6, 6.07) is 41.5. The molecule has 1 aliphatic carbocycles. The van der Waals surface area contributed by atoms with Crippen LogP contribution in [0.4, 0.5) is 0 Å². The van der Waals surface area contributed by atoms with Crippen molar-refractivity contribution < 1.29 is 8.83 Å². The smallest absolute Gasteiger partial charge is 0.160 e. The van der Waals surface area contributed by atoms with E-state index in [4.69, 9.17) is 8.83 Å². The Morgan fingerprint density at radius 3 is 2.23 bits per heavy atom. The summed E-state index contributed by atoms with van der Waals surface area (Å²) >= 11 is 0. The number of hydrogen-bond donors (Lipinski definition) is 0. The Morgan fingerprint density at radius 1 is 0.581 bits per heavy atom. The molecule has 9 aromatic rings. The van der Waals surface area contributed by atoms with Gasteiger partial charge in [-0.1, -0.05) is 91.0 Å². The molecule has 0 spiro atoms. The molecule has 1 aliphatic heterocycles. The summed E-state index contributed by atoms with van der Waals surface area (Å²) in [7, 11) is 0. The number of para-hydroxylation sites is 2. The van der Waals surface area contributed by atoms with Crippen molar-refractivity contribution in [3.8, 4) is 11.1 Å². The van der Waals surface area contributed by atoms with Gasteiger partial charge in [0.1, 0.15) is 11.2 Å². The predicted molar refractivity (Wildman–Crippen MR) is 176 cm³/mol. The molecule has 1 atom stereocenters. The average Bonchev–Trinajstić information content (AvgIpc) is 3.80. The second-order valence-electron chi connectivity index (χ2n) is 12.0. The third kappa shape index (κ3) is 2.67. The van der Waals surface area contributed by atoms with E-state index in [1.54, 1.807) is 0 Å². The van der Waals surface area contributed by atoms with Gasteiger partial charge >= 0.3 is 0 Å². The molecule has 2 aliphatic rings. The van der Waals surface area contributed by atoms with Crippen molar-refractivity contribution in [2.45, 2.75) is 12.3 Å². The first-order valence-corrected chi connectivity index (χ1v) is 15.0. The number of nitrogens with zero attached hydrogens (tertiary/aromatic N) is 1. The van der Waals surface area contributed by atoms with Gasteiger partial charge in [-0.3, -0.25) is 0 Å². The van der Waals surface area contributed by atoms with Crippen LogP contribution in [-0.2, 0) is 0 Å². The summed E-state index contributed by atoms with van der Waals surface area (Å²) in [5.41, 5.74) is 11.3. The molecule has 0 N–H and O–H groups in total. The van der Waals surface area contributed by atoms with Crippen LogP contribution in [0.5, 0.6) is 0 Å². The van der Waals surface area contributed by atoms with Gasteiger partial charge in [0.2, 0.25) is 0 Å². The standard InChI is InChI=1S/C40H23NO2/c1-2-10-24-22(8-1)9-7-13-25(24)23-20-32-28-16-18-30-26-11-3-5-14-34(26)42-39(30)37(28)41-36(32)33(21-23)29-17-19-31-27-12-4-6-15-35(27)43-40(31)38(29)41/h1-16,18-21,29H,17H2. The van der Waals surface area contributed by atoms with Crippen molar-refractivity contribution in [2.75, 3.05) is 0 Å². The molecule has 4 heterocycles. The zero-order valence-corrected chi connectivity index (χ0v) is 23.1. The summed E-state index contributed by atoms with van der Waals surface area (Å²) in [4.78, 5) is 0. The average molecular weight is 550 g/mol. The third-order valence-corrected chi connectivity index (χ3v) is 9.87. The minimum atomic E-state index is 0.199. The van der Waals surface area contributed by atoms with Crippen LogP contribution in [0.3, 0.4) is 0 Å². The van der Waals surface area contributed by atoms with Crippen molar-refractivity contribution >= 4 is 77.3 Å². The van der Waals surface area contributed by atoms with Crippen LogP contribution in [0.15, 0.2) is 124 Å². The molecule has 3 nitrogen and oxygen atoms in total. The molecule has 0 radical (unpaired) electrons. The molecule has 0 saturated carbocycles. The fraction of sp³-hybridized carbons (Fsp3) is 0.0500. The first kappa shape index (κ1) is 22.1. The number of hydrogen-bond acceptors (Lipinski definition) is 2. The van der Waals surface area contributed by atoms with E-state index in [0.717, 1.165) is 44.9 Å². The highest BCUT2D eigenvalue weighted by Crippen LogP contribution is 2.51. The SMILES string of the molecule is C1=c2c(oc3ccccc23)=C2C(C1)c1cc(-c3cccc4ccccc34)cc3c4ccc5c6ccccc6oc5c4n2c13. The van der Waals surface area contributed by atoms with Crippen LogP contribution in [0, 0.1) is 0 Å². The fourth-order valence-corrected chi connectivity index (χ4v) is 8.07. The fourth-order valence-electron chi connectivity index (χ4n) is 8.07. The van der Waals surface area contributed by atoms with Gasteiger partial charge in [-0.2, -0.15) is 0 Å². The topological polar surface area (TPSA) is 31.2 Å². The molecule has 200 valence electrons. The zero-order chi connectivity index (χ0) is 27.8. The summed E-state index contributed by atoms with van der Waals surface area (Å²) < 4.78 is 15.9. The maximum absolute atomic E-state index is 6.71. The summed E-state index contributed by atoms with van der Waals surface area (Å²) in [6.45, 7) is 0. The Balaban J connectivity index is 1.36. The van der Waals surface area contributed by atoms with E-state index < -0.39 is 0 Å². The van der Waals surface area contributed by atoms with Gasteiger partial charge < -0.3 is 13.4 Å². The van der Waals surface area contributed by atoms with Gasteiger partial charge in [0.25, 0.3) is 0 Å². The Labute approximate surface area is 245 Å². The van der Waals surface area contributed by atoms with E-state index in [1.807, 2.05) is 6.07 Å². The number of benzene rings is 6. The van der Waals surface area contributed by atoms with Crippen LogP contribution in [0.2, 0.25) is 0 Å². The van der Waals surface area contributed by atoms with Crippen molar-refractivity contribution in [1.29, 1.82) is 0 Å².